The molecule has 1 spiro atoms. The first-order valence-corrected chi connectivity index (χ1v) is 9.69. The number of hydrogen-bond acceptors (Lipinski definition) is 5. The number of carbonyl (C=O) groups excluding carboxylic acids is 1. The van der Waals surface area contributed by atoms with Gasteiger partial charge in [-0.1, -0.05) is 44.8 Å². The van der Waals surface area contributed by atoms with E-state index >= 15 is 0 Å². The van der Waals surface area contributed by atoms with Crippen molar-refractivity contribution in [3.63, 3.8) is 0 Å². The fraction of sp³-hybridized carbons (Fsp3) is 0.647. The van der Waals surface area contributed by atoms with Gasteiger partial charge < -0.3 is 9.45 Å². The van der Waals surface area contributed by atoms with Crippen molar-refractivity contribution in [1.29, 1.82) is 0 Å². The number of carbonyl (C=O) groups is 1. The highest BCUT2D eigenvalue weighted by Gasteiger charge is 2.54. The molecule has 2 saturated heterocycles. The Morgan fingerprint density at radius 2 is 2.00 bits per heavy atom. The highest BCUT2D eigenvalue weighted by atomic mass is 32.2. The number of nitrogens with zero attached hydrogens (tertiary/aromatic N) is 2. The van der Waals surface area contributed by atoms with Crippen molar-refractivity contribution in [2.45, 2.75) is 57.4 Å². The molecule has 0 aliphatic carbocycles. The van der Waals surface area contributed by atoms with Crippen LogP contribution in [0, 0.1) is 0 Å². The molecule has 4 atom stereocenters. The van der Waals surface area contributed by atoms with Gasteiger partial charge in [0.05, 0.1) is 11.7 Å². The van der Waals surface area contributed by atoms with Gasteiger partial charge in [-0.2, -0.15) is 0 Å². The Morgan fingerprint density at radius 1 is 1.33 bits per heavy atom. The highest BCUT2D eigenvalue weighted by molar-refractivity contribution is 7.79. The summed E-state index contributed by atoms with van der Waals surface area (Å²) in [5.74, 6) is -0.0219. The second-order valence-corrected chi connectivity index (χ2v) is 6.56. The minimum atomic E-state index is -2.24. The van der Waals surface area contributed by atoms with Crippen LogP contribution in [-0.2, 0) is 15.9 Å². The lowest BCUT2D eigenvalue weighted by molar-refractivity contribution is -0.131. The third kappa shape index (κ3) is 4.02. The van der Waals surface area contributed by atoms with E-state index in [0.717, 1.165) is 0 Å². The van der Waals surface area contributed by atoms with E-state index in [0.29, 0.717) is 25.1 Å². The summed E-state index contributed by atoms with van der Waals surface area (Å²) >= 11 is -2.24. The summed E-state index contributed by atoms with van der Waals surface area (Å²) in [7, 11) is 1.75. The number of rotatable bonds is 2. The molecule has 6 nitrogen and oxygen atoms in total. The van der Waals surface area contributed by atoms with Gasteiger partial charge in [-0.05, 0) is 25.0 Å². The number of likely N-dealkylation sites (N-methyl/N-ethyl adjacent to an activating group) is 1. The molecule has 1 amide bonds. The third-order valence-corrected chi connectivity index (χ3v) is 5.17. The second-order valence-electron chi connectivity index (χ2n) is 5.44. The van der Waals surface area contributed by atoms with Gasteiger partial charge in [0.15, 0.2) is 0 Å². The summed E-state index contributed by atoms with van der Waals surface area (Å²) < 4.78 is 23.0. The number of pyridine rings is 1. The summed E-state index contributed by atoms with van der Waals surface area (Å²) in [6, 6.07) is 4.97. The minimum absolute atomic E-state index is 0.0219. The van der Waals surface area contributed by atoms with Gasteiger partial charge in [-0.3, -0.25) is 19.3 Å². The molecule has 2 aliphatic heterocycles. The molecule has 24 heavy (non-hydrogen) atoms. The van der Waals surface area contributed by atoms with E-state index in [-0.39, 0.29) is 5.91 Å². The lowest BCUT2D eigenvalue weighted by atomic mass is 9.95. The van der Waals surface area contributed by atoms with E-state index in [9.17, 15) is 13.6 Å². The fourth-order valence-corrected chi connectivity index (χ4v) is 4.02. The molecule has 7 heteroatoms. The number of nitrogens with one attached hydrogen (secondary N) is 1. The standard InChI is InChI=1S/C13H17N3O3S.2C2H6/c1-16-7-5-13(12(16)17)8-10(20(18)19)11(15-13)9-4-2-3-6-14-9;2*1-2/h2-4,6,10-11,15H,5,7-8H2,1H3,(H,18,19);2*1-2H3/p-1. The van der Waals surface area contributed by atoms with Gasteiger partial charge in [0.25, 0.3) is 0 Å². The van der Waals surface area contributed by atoms with Gasteiger partial charge in [0.1, 0.15) is 5.54 Å². The molecule has 136 valence electrons. The molecule has 3 heterocycles. The molecule has 0 radical (unpaired) electrons. The molecule has 0 aromatic carbocycles. The summed E-state index contributed by atoms with van der Waals surface area (Å²) in [5, 5.41) is 2.62. The summed E-state index contributed by atoms with van der Waals surface area (Å²) in [6.07, 6.45) is 2.59. The quantitative estimate of drug-likeness (QED) is 0.821. The SMILES string of the molecule is CC.CC.CN1CCC2(CC(S(=O)[O-])C(c3ccccn3)N2)C1=O. The first-order chi connectivity index (χ1) is 11.5. The molecule has 0 bridgehead atoms. The summed E-state index contributed by atoms with van der Waals surface area (Å²) in [5.41, 5.74) is -0.0808. The first kappa shape index (κ1) is 20.7. The van der Waals surface area contributed by atoms with Crippen molar-refractivity contribution < 1.29 is 13.6 Å². The molecule has 1 aromatic rings. The largest absolute Gasteiger partial charge is 0.772 e. The molecular weight excluding hydrogens is 326 g/mol. The van der Waals surface area contributed by atoms with Crippen molar-refractivity contribution in [2.24, 2.45) is 0 Å². The van der Waals surface area contributed by atoms with Crippen LogP contribution in [0.4, 0.5) is 0 Å². The zero-order chi connectivity index (χ0) is 18.3. The number of amides is 1. The van der Waals surface area contributed by atoms with Gasteiger partial charge in [0, 0.05) is 25.0 Å². The lowest BCUT2D eigenvalue weighted by Crippen LogP contribution is -2.47. The Bertz CT molecular complexity index is 555. The number of aromatic nitrogens is 1. The van der Waals surface area contributed by atoms with Crippen molar-refractivity contribution in [1.82, 2.24) is 15.2 Å². The Hall–Kier alpha value is -1.31. The lowest BCUT2D eigenvalue weighted by Gasteiger charge is -2.23. The van der Waals surface area contributed by atoms with Crippen LogP contribution >= 0.6 is 0 Å². The Morgan fingerprint density at radius 3 is 2.46 bits per heavy atom. The topological polar surface area (TPSA) is 85.4 Å². The zero-order valence-electron chi connectivity index (χ0n) is 15.1. The summed E-state index contributed by atoms with van der Waals surface area (Å²) in [4.78, 5) is 18.2. The van der Waals surface area contributed by atoms with Crippen LogP contribution in [0.5, 0.6) is 0 Å². The van der Waals surface area contributed by atoms with E-state index in [1.54, 1.807) is 30.3 Å². The van der Waals surface area contributed by atoms with Crippen molar-refractivity contribution in [2.75, 3.05) is 13.6 Å². The number of hydrogen-bond donors (Lipinski definition) is 1. The third-order valence-electron chi connectivity index (χ3n) is 4.24. The average Bonchev–Trinajstić information content (AvgIpc) is 3.16. The maximum absolute atomic E-state index is 12.3. The molecule has 2 fully saturated rings. The fourth-order valence-electron chi connectivity index (χ4n) is 3.17. The molecule has 2 aliphatic rings. The van der Waals surface area contributed by atoms with E-state index < -0.39 is 27.9 Å². The molecule has 4 unspecified atom stereocenters. The first-order valence-electron chi connectivity index (χ1n) is 8.56. The maximum Gasteiger partial charge on any atom is 0.242 e. The average molecular weight is 354 g/mol. The molecule has 3 rings (SSSR count). The van der Waals surface area contributed by atoms with Crippen LogP contribution in [0.2, 0.25) is 0 Å². The number of likely N-dealkylation sites (tertiary alicyclic amines) is 1. The smallest absolute Gasteiger partial charge is 0.242 e. The molecule has 1 aromatic heterocycles. The van der Waals surface area contributed by atoms with Crippen LogP contribution in [0.15, 0.2) is 24.4 Å². The van der Waals surface area contributed by atoms with Gasteiger partial charge in [0.2, 0.25) is 5.91 Å². The van der Waals surface area contributed by atoms with Crippen molar-refractivity contribution in [3.8, 4) is 0 Å². The van der Waals surface area contributed by atoms with Crippen LogP contribution in [-0.4, -0.2) is 48.9 Å². The van der Waals surface area contributed by atoms with Gasteiger partial charge in [-0.25, -0.2) is 0 Å². The predicted molar refractivity (Wildman–Crippen MR) is 95.1 cm³/mol. The monoisotopic (exact) mass is 354 g/mol. The minimum Gasteiger partial charge on any atom is -0.772 e. The van der Waals surface area contributed by atoms with Crippen LogP contribution < -0.4 is 5.32 Å². The molecule has 0 saturated carbocycles. The normalized spacial score (nSPS) is 29.6. The second kappa shape index (κ2) is 9.25. The van der Waals surface area contributed by atoms with Gasteiger partial charge in [-0.15, -0.1) is 0 Å². The zero-order valence-corrected chi connectivity index (χ0v) is 15.9. The summed E-state index contributed by atoms with van der Waals surface area (Å²) in [6.45, 7) is 8.65. The predicted octanol–water partition coefficient (Wildman–Crippen LogP) is 2.02. The Labute approximate surface area is 147 Å². The Kier molecular flexibility index (Phi) is 7.99. The highest BCUT2D eigenvalue weighted by Crippen LogP contribution is 2.40. The van der Waals surface area contributed by atoms with Gasteiger partial charge >= 0.3 is 0 Å². The molecular formula is C17H28N3O3S-. The van der Waals surface area contributed by atoms with Crippen molar-refractivity contribution >= 4 is 17.0 Å². The van der Waals surface area contributed by atoms with Crippen molar-refractivity contribution in [3.05, 3.63) is 30.1 Å². The van der Waals surface area contributed by atoms with E-state index in [1.165, 1.54) is 0 Å². The van der Waals surface area contributed by atoms with E-state index in [1.807, 2.05) is 33.8 Å². The molecule has 1 N–H and O–H groups in total. The van der Waals surface area contributed by atoms with Crippen LogP contribution in [0.3, 0.4) is 0 Å². The Balaban J connectivity index is 0.000000671. The van der Waals surface area contributed by atoms with Crippen LogP contribution in [0.1, 0.15) is 52.3 Å². The van der Waals surface area contributed by atoms with E-state index in [2.05, 4.69) is 10.3 Å². The van der Waals surface area contributed by atoms with Crippen LogP contribution in [0.25, 0.3) is 0 Å². The maximum atomic E-state index is 12.3. The van der Waals surface area contributed by atoms with E-state index in [4.69, 9.17) is 0 Å².